The molecule has 1 aromatic rings. The lowest BCUT2D eigenvalue weighted by molar-refractivity contribution is -0.384. The summed E-state index contributed by atoms with van der Waals surface area (Å²) in [5, 5.41) is 12.6. The molecule has 0 unspecified atom stereocenters. The van der Waals surface area contributed by atoms with Gasteiger partial charge in [-0.15, -0.1) is 0 Å². The zero-order valence-electron chi connectivity index (χ0n) is 9.91. The van der Waals surface area contributed by atoms with Crippen LogP contribution in [-0.4, -0.2) is 23.3 Å². The van der Waals surface area contributed by atoms with Crippen LogP contribution >= 0.6 is 12.2 Å². The van der Waals surface area contributed by atoms with E-state index in [9.17, 15) is 14.9 Å². The number of thiocarbonyl (C=S) groups is 1. The number of nitrogens with zero attached hydrogens (tertiary/aromatic N) is 1. The Balaban J connectivity index is 2.42. The van der Waals surface area contributed by atoms with Gasteiger partial charge in [0.05, 0.1) is 12.0 Å². The zero-order valence-corrected chi connectivity index (χ0v) is 10.7. The van der Waals surface area contributed by atoms with Crippen LogP contribution in [0.2, 0.25) is 0 Å². The number of nitro benzene ring substituents is 1. The van der Waals surface area contributed by atoms with E-state index < -0.39 is 11.0 Å². The van der Waals surface area contributed by atoms with Crippen molar-refractivity contribution < 1.29 is 19.3 Å². The van der Waals surface area contributed by atoms with E-state index in [1.54, 1.807) is 0 Å². The molecule has 0 aliphatic carbocycles. The number of hydroxylamine groups is 1. The molecule has 0 spiro atoms. The molecule has 0 aliphatic heterocycles. The highest BCUT2D eigenvalue weighted by Crippen LogP contribution is 2.11. The van der Waals surface area contributed by atoms with Crippen molar-refractivity contribution in [3.63, 3.8) is 0 Å². The number of non-ortho nitro benzene ring substituents is 1. The van der Waals surface area contributed by atoms with Crippen molar-refractivity contribution in [3.05, 3.63) is 39.9 Å². The van der Waals surface area contributed by atoms with Crippen LogP contribution in [0.5, 0.6) is 0 Å². The third-order valence-electron chi connectivity index (χ3n) is 1.95. The molecule has 1 amide bonds. The number of carbonyl (C=O) groups excluding carboxylic acids is 1. The maximum absolute atomic E-state index is 11.3. The summed E-state index contributed by atoms with van der Waals surface area (Å²) in [6.45, 7) is 0.159. The van der Waals surface area contributed by atoms with Crippen LogP contribution in [0.25, 0.3) is 0 Å². The van der Waals surface area contributed by atoms with Crippen LogP contribution < -0.4 is 10.8 Å². The molecule has 0 saturated heterocycles. The van der Waals surface area contributed by atoms with Crippen molar-refractivity contribution in [1.29, 1.82) is 0 Å². The maximum atomic E-state index is 11.3. The number of ether oxygens (including phenoxy) is 1. The molecule has 0 radical (unpaired) electrons. The number of nitrogens with one attached hydrogen (secondary N) is 2. The average Bonchev–Trinajstić information content (AvgIpc) is 2.37. The Kier molecular flexibility index (Phi) is 5.64. The fraction of sp³-hybridized carbons (Fsp3) is 0.200. The lowest BCUT2D eigenvalue weighted by Gasteiger charge is -2.07. The summed E-state index contributed by atoms with van der Waals surface area (Å²) in [4.78, 5) is 25.6. The van der Waals surface area contributed by atoms with Gasteiger partial charge in [0.25, 0.3) is 10.9 Å². The van der Waals surface area contributed by atoms with Crippen molar-refractivity contribution in [2.45, 2.75) is 6.54 Å². The van der Waals surface area contributed by atoms with Crippen molar-refractivity contribution in [2.75, 3.05) is 7.11 Å². The maximum Gasteiger partial charge on any atom is 0.414 e. The summed E-state index contributed by atoms with van der Waals surface area (Å²) in [5.74, 6) is 0. The van der Waals surface area contributed by atoms with Crippen molar-refractivity contribution in [2.24, 2.45) is 0 Å². The number of carbonyl (C=O) groups is 1. The fourth-order valence-corrected chi connectivity index (χ4v) is 1.29. The molecule has 0 aromatic heterocycles. The Hall–Kier alpha value is -2.26. The van der Waals surface area contributed by atoms with Gasteiger partial charge in [0.15, 0.2) is 0 Å². The number of hydrogen-bond donors (Lipinski definition) is 2. The predicted molar refractivity (Wildman–Crippen MR) is 69.2 cm³/mol. The highest BCUT2D eigenvalue weighted by Gasteiger charge is 2.07. The zero-order chi connectivity index (χ0) is 14.3. The number of nitro groups is 1. The van der Waals surface area contributed by atoms with Crippen LogP contribution in [0.4, 0.5) is 10.5 Å². The topological polar surface area (TPSA) is 103 Å². The minimum Gasteiger partial charge on any atom is -0.381 e. The smallest absolute Gasteiger partial charge is 0.381 e. The van der Waals surface area contributed by atoms with E-state index in [1.165, 1.54) is 31.4 Å². The van der Waals surface area contributed by atoms with Gasteiger partial charge in [-0.2, -0.15) is 0 Å². The van der Waals surface area contributed by atoms with Gasteiger partial charge in [0.2, 0.25) is 0 Å². The molecule has 19 heavy (non-hydrogen) atoms. The molecule has 0 atom stereocenters. The van der Waals surface area contributed by atoms with Crippen LogP contribution in [0.3, 0.4) is 0 Å². The monoisotopic (exact) mass is 285 g/mol. The van der Waals surface area contributed by atoms with Gasteiger partial charge in [-0.3, -0.25) is 15.0 Å². The molecular formula is C10H11N3O5S. The van der Waals surface area contributed by atoms with E-state index in [2.05, 4.69) is 32.6 Å². The number of benzene rings is 1. The molecule has 2 N–H and O–H groups in total. The molecule has 0 saturated carbocycles. The van der Waals surface area contributed by atoms with Gasteiger partial charge < -0.3 is 10.1 Å². The van der Waals surface area contributed by atoms with Crippen LogP contribution in [-0.2, 0) is 16.1 Å². The van der Waals surface area contributed by atoms with E-state index in [1.807, 2.05) is 0 Å². The molecule has 1 aromatic carbocycles. The van der Waals surface area contributed by atoms with E-state index in [-0.39, 0.29) is 17.4 Å². The minimum absolute atomic E-state index is 0.0169. The number of alkyl carbamates (subject to hydrolysis) is 1. The van der Waals surface area contributed by atoms with E-state index in [0.717, 1.165) is 0 Å². The predicted octanol–water partition coefficient (Wildman–Crippen LogP) is 1.26. The second-order valence-electron chi connectivity index (χ2n) is 3.26. The lowest BCUT2D eigenvalue weighted by atomic mass is 10.2. The number of amides is 1. The van der Waals surface area contributed by atoms with Gasteiger partial charge in [-0.1, -0.05) is 12.1 Å². The standard InChI is InChI=1S/C10H11N3O5S/c1-17-12-10(19)18-9(14)11-6-7-2-4-8(5-3-7)13(15)16/h2-5H,6H2,1H3,(H,11,14)(H,12,19). The quantitative estimate of drug-likeness (QED) is 0.487. The summed E-state index contributed by atoms with van der Waals surface area (Å²) >= 11 is 4.61. The van der Waals surface area contributed by atoms with Crippen LogP contribution in [0, 0.1) is 10.1 Å². The summed E-state index contributed by atoms with van der Waals surface area (Å²) in [7, 11) is 1.32. The molecule has 0 fully saturated rings. The molecule has 102 valence electrons. The van der Waals surface area contributed by atoms with Crippen LogP contribution in [0.15, 0.2) is 24.3 Å². The number of rotatable bonds is 4. The second kappa shape index (κ2) is 7.24. The first-order valence-corrected chi connectivity index (χ1v) is 5.45. The Bertz CT molecular complexity index is 477. The summed E-state index contributed by atoms with van der Waals surface area (Å²) in [6.07, 6.45) is -0.757. The Labute approximate surface area is 113 Å². The molecule has 0 aliphatic rings. The normalized spacial score (nSPS) is 9.53. The summed E-state index contributed by atoms with van der Waals surface area (Å²) in [5.41, 5.74) is 2.84. The SMILES string of the molecule is CONC(=S)OC(=O)NCc1ccc([N+](=O)[O-])cc1. The molecule has 9 heteroatoms. The lowest BCUT2D eigenvalue weighted by Crippen LogP contribution is -2.31. The van der Waals surface area contributed by atoms with Crippen molar-refractivity contribution >= 4 is 29.2 Å². The third-order valence-corrected chi connectivity index (χ3v) is 2.12. The first-order valence-electron chi connectivity index (χ1n) is 5.05. The van der Waals surface area contributed by atoms with Gasteiger partial charge in [0.1, 0.15) is 0 Å². The Morgan fingerprint density at radius 2 is 2.05 bits per heavy atom. The number of hydrogen-bond acceptors (Lipinski definition) is 6. The third kappa shape index (κ3) is 5.27. The molecule has 0 bridgehead atoms. The highest BCUT2D eigenvalue weighted by molar-refractivity contribution is 7.80. The first kappa shape index (κ1) is 14.8. The van der Waals surface area contributed by atoms with E-state index in [4.69, 9.17) is 0 Å². The van der Waals surface area contributed by atoms with Gasteiger partial charge >= 0.3 is 6.09 Å². The van der Waals surface area contributed by atoms with Crippen molar-refractivity contribution in [3.8, 4) is 0 Å². The van der Waals surface area contributed by atoms with E-state index in [0.29, 0.717) is 5.56 Å². The fourth-order valence-electron chi connectivity index (χ4n) is 1.13. The van der Waals surface area contributed by atoms with Gasteiger partial charge in [0, 0.05) is 18.7 Å². The van der Waals surface area contributed by atoms with Crippen molar-refractivity contribution in [1.82, 2.24) is 10.8 Å². The second-order valence-corrected chi connectivity index (χ2v) is 3.63. The molecule has 8 nitrogen and oxygen atoms in total. The summed E-state index contributed by atoms with van der Waals surface area (Å²) < 4.78 is 4.61. The average molecular weight is 285 g/mol. The van der Waals surface area contributed by atoms with Gasteiger partial charge in [-0.05, 0) is 17.8 Å². The Morgan fingerprint density at radius 3 is 2.58 bits per heavy atom. The Morgan fingerprint density at radius 1 is 1.42 bits per heavy atom. The minimum atomic E-state index is -0.757. The van der Waals surface area contributed by atoms with Crippen LogP contribution in [0.1, 0.15) is 5.56 Å². The largest absolute Gasteiger partial charge is 0.414 e. The molecular weight excluding hydrogens is 274 g/mol. The summed E-state index contributed by atoms with van der Waals surface area (Å²) in [6, 6.07) is 5.76. The molecule has 1 rings (SSSR count). The highest BCUT2D eigenvalue weighted by atomic mass is 32.1. The molecule has 0 heterocycles. The van der Waals surface area contributed by atoms with Gasteiger partial charge in [-0.25, -0.2) is 10.3 Å². The first-order chi connectivity index (χ1) is 9.02. The van der Waals surface area contributed by atoms with E-state index >= 15 is 0 Å².